The Hall–Kier alpha value is -2.12. The second-order valence-electron chi connectivity index (χ2n) is 7.42. The lowest BCUT2D eigenvalue weighted by atomic mass is 9.79. The monoisotopic (exact) mass is 451 g/mol. The first-order valence-corrected chi connectivity index (χ1v) is 9.62. The van der Waals surface area contributed by atoms with E-state index in [-0.39, 0.29) is 36.1 Å². The number of halogens is 2. The van der Waals surface area contributed by atoms with E-state index in [9.17, 15) is 4.79 Å². The van der Waals surface area contributed by atoms with Crippen LogP contribution in [0, 0.1) is 5.41 Å². The fourth-order valence-electron chi connectivity index (χ4n) is 3.91. The van der Waals surface area contributed by atoms with Gasteiger partial charge in [0.2, 0.25) is 0 Å². The molecule has 1 saturated heterocycles. The lowest BCUT2D eigenvalue weighted by Crippen LogP contribution is -2.47. The molecule has 2 N–H and O–H groups in total. The fraction of sp³-hybridized carbons (Fsp3) is 0.364. The number of methoxy groups -OCH3 is 1. The summed E-state index contributed by atoms with van der Waals surface area (Å²) in [7, 11) is 1.72. The molecule has 0 unspecified atom stereocenters. The molecule has 1 aromatic carbocycles. The molecule has 162 valence electrons. The van der Waals surface area contributed by atoms with E-state index in [4.69, 9.17) is 9.15 Å². The zero-order chi connectivity index (χ0) is 19.4. The van der Waals surface area contributed by atoms with Gasteiger partial charge in [-0.3, -0.25) is 4.79 Å². The van der Waals surface area contributed by atoms with Crippen molar-refractivity contribution in [2.45, 2.75) is 12.8 Å². The van der Waals surface area contributed by atoms with Crippen molar-refractivity contribution in [2.75, 3.05) is 33.4 Å². The zero-order valence-corrected chi connectivity index (χ0v) is 18.5. The second kappa shape index (κ2) is 10.8. The number of amides is 1. The molecule has 0 aliphatic carbocycles. The predicted molar refractivity (Wildman–Crippen MR) is 123 cm³/mol. The van der Waals surface area contributed by atoms with Gasteiger partial charge in [-0.05, 0) is 50.2 Å². The highest BCUT2D eigenvalue weighted by Crippen LogP contribution is 2.29. The SMILES string of the molecule is COCC1(CNC(=O)c2cc(-c3ccco3)nc3ccccc23)CCNCC1.Cl.Cl. The first-order valence-electron chi connectivity index (χ1n) is 9.62. The average Bonchev–Trinajstić information content (AvgIpc) is 3.27. The van der Waals surface area contributed by atoms with Gasteiger partial charge < -0.3 is 19.8 Å². The minimum Gasteiger partial charge on any atom is -0.463 e. The highest BCUT2D eigenvalue weighted by Gasteiger charge is 2.32. The van der Waals surface area contributed by atoms with Gasteiger partial charge in [0.25, 0.3) is 5.91 Å². The van der Waals surface area contributed by atoms with Crippen molar-refractivity contribution < 1.29 is 13.9 Å². The summed E-state index contributed by atoms with van der Waals surface area (Å²) >= 11 is 0. The van der Waals surface area contributed by atoms with E-state index in [1.165, 1.54) is 0 Å². The minimum absolute atomic E-state index is 0. The van der Waals surface area contributed by atoms with Crippen molar-refractivity contribution in [3.63, 3.8) is 0 Å². The maximum absolute atomic E-state index is 13.1. The lowest BCUT2D eigenvalue weighted by molar-refractivity contribution is 0.0512. The largest absolute Gasteiger partial charge is 0.463 e. The molecule has 2 aromatic heterocycles. The summed E-state index contributed by atoms with van der Waals surface area (Å²) < 4.78 is 10.9. The molecule has 4 rings (SSSR count). The van der Waals surface area contributed by atoms with Gasteiger partial charge in [-0.1, -0.05) is 18.2 Å². The van der Waals surface area contributed by atoms with Crippen molar-refractivity contribution in [3.8, 4) is 11.5 Å². The van der Waals surface area contributed by atoms with Crippen LogP contribution in [-0.2, 0) is 4.74 Å². The standard InChI is InChI=1S/C22H25N3O3.2ClH/c1-27-15-22(8-10-23-11-9-22)14-24-21(26)17-13-19(20-7-4-12-28-20)25-18-6-3-2-5-16(17)18;;/h2-7,12-13,23H,8-11,14-15H2,1H3,(H,24,26);2*1H. The van der Waals surface area contributed by atoms with E-state index in [0.717, 1.165) is 36.8 Å². The van der Waals surface area contributed by atoms with Gasteiger partial charge in [-0.25, -0.2) is 4.98 Å². The maximum atomic E-state index is 13.1. The van der Waals surface area contributed by atoms with E-state index in [2.05, 4.69) is 15.6 Å². The van der Waals surface area contributed by atoms with Crippen LogP contribution in [0.1, 0.15) is 23.2 Å². The van der Waals surface area contributed by atoms with Crippen LogP contribution in [0.15, 0.2) is 53.1 Å². The normalized spacial score (nSPS) is 15.1. The first-order chi connectivity index (χ1) is 13.7. The molecule has 6 nitrogen and oxygen atoms in total. The molecule has 0 radical (unpaired) electrons. The van der Waals surface area contributed by atoms with Gasteiger partial charge in [0.05, 0.1) is 24.0 Å². The summed E-state index contributed by atoms with van der Waals surface area (Å²) in [6, 6.07) is 13.2. The lowest BCUT2D eigenvalue weighted by Gasteiger charge is -2.37. The van der Waals surface area contributed by atoms with Gasteiger partial charge in [-0.15, -0.1) is 24.8 Å². The number of rotatable bonds is 6. The molecule has 3 aromatic rings. The molecule has 0 saturated carbocycles. The van der Waals surface area contributed by atoms with Crippen molar-refractivity contribution in [1.82, 2.24) is 15.6 Å². The van der Waals surface area contributed by atoms with Crippen molar-refractivity contribution in [3.05, 3.63) is 54.3 Å². The quantitative estimate of drug-likeness (QED) is 0.590. The molecule has 1 fully saturated rings. The molecule has 3 heterocycles. The van der Waals surface area contributed by atoms with Gasteiger partial charge in [0, 0.05) is 24.5 Å². The third kappa shape index (κ3) is 5.13. The number of furan rings is 1. The molecule has 0 spiro atoms. The Kier molecular flexibility index (Phi) is 8.67. The fourth-order valence-corrected chi connectivity index (χ4v) is 3.91. The third-order valence-corrected chi connectivity index (χ3v) is 5.47. The number of aromatic nitrogens is 1. The number of nitrogens with zero attached hydrogens (tertiary/aromatic N) is 1. The number of hydrogen-bond acceptors (Lipinski definition) is 5. The molecular formula is C22H27Cl2N3O3. The van der Waals surface area contributed by atoms with Gasteiger partial charge in [0.1, 0.15) is 5.69 Å². The summed E-state index contributed by atoms with van der Waals surface area (Å²) in [5.41, 5.74) is 2.01. The average molecular weight is 452 g/mol. The van der Waals surface area contributed by atoms with E-state index < -0.39 is 0 Å². The number of benzene rings is 1. The van der Waals surface area contributed by atoms with E-state index in [0.29, 0.717) is 30.2 Å². The molecule has 1 aliphatic rings. The second-order valence-corrected chi connectivity index (χ2v) is 7.42. The number of fused-ring (bicyclic) bond motifs is 1. The Morgan fingerprint density at radius 3 is 2.67 bits per heavy atom. The molecule has 8 heteroatoms. The van der Waals surface area contributed by atoms with Crippen LogP contribution < -0.4 is 10.6 Å². The number of piperidine rings is 1. The van der Waals surface area contributed by atoms with Crippen LogP contribution in [-0.4, -0.2) is 44.2 Å². The van der Waals surface area contributed by atoms with Crippen LogP contribution >= 0.6 is 24.8 Å². The molecule has 0 bridgehead atoms. The molecular weight excluding hydrogens is 425 g/mol. The number of carbonyl (C=O) groups excluding carboxylic acids is 1. The van der Waals surface area contributed by atoms with Crippen LogP contribution in [0.5, 0.6) is 0 Å². The number of pyridine rings is 1. The Morgan fingerprint density at radius 2 is 1.97 bits per heavy atom. The number of para-hydroxylation sites is 1. The summed E-state index contributed by atoms with van der Waals surface area (Å²) in [5.74, 6) is 0.550. The molecule has 30 heavy (non-hydrogen) atoms. The molecule has 1 amide bonds. The Morgan fingerprint density at radius 1 is 1.20 bits per heavy atom. The van der Waals surface area contributed by atoms with Gasteiger partial charge in [-0.2, -0.15) is 0 Å². The predicted octanol–water partition coefficient (Wildman–Crippen LogP) is 4.08. The Bertz CT molecular complexity index is 952. The van der Waals surface area contributed by atoms with Crippen molar-refractivity contribution in [1.29, 1.82) is 0 Å². The van der Waals surface area contributed by atoms with Crippen molar-refractivity contribution in [2.24, 2.45) is 5.41 Å². The zero-order valence-electron chi connectivity index (χ0n) is 16.8. The molecule has 0 atom stereocenters. The van der Waals surface area contributed by atoms with Gasteiger partial charge in [0.15, 0.2) is 5.76 Å². The highest BCUT2D eigenvalue weighted by atomic mass is 35.5. The van der Waals surface area contributed by atoms with Crippen molar-refractivity contribution >= 4 is 41.6 Å². The number of carbonyl (C=O) groups is 1. The summed E-state index contributed by atoms with van der Waals surface area (Å²) in [6.07, 6.45) is 3.57. The van der Waals surface area contributed by atoms with E-state index in [1.54, 1.807) is 13.4 Å². The maximum Gasteiger partial charge on any atom is 0.252 e. The topological polar surface area (TPSA) is 76.4 Å². The number of hydrogen-bond donors (Lipinski definition) is 2. The number of nitrogens with one attached hydrogen (secondary N) is 2. The van der Waals surface area contributed by atoms with Gasteiger partial charge >= 0.3 is 0 Å². The van der Waals surface area contributed by atoms with E-state index in [1.807, 2.05) is 42.5 Å². The van der Waals surface area contributed by atoms with Crippen LogP contribution in [0.2, 0.25) is 0 Å². The highest BCUT2D eigenvalue weighted by molar-refractivity contribution is 6.07. The number of ether oxygens (including phenoxy) is 1. The Balaban J connectivity index is 0.00000160. The Labute approximate surface area is 188 Å². The molecule has 1 aliphatic heterocycles. The summed E-state index contributed by atoms with van der Waals surface area (Å²) in [4.78, 5) is 17.8. The van der Waals surface area contributed by atoms with Crippen LogP contribution in [0.25, 0.3) is 22.4 Å². The summed E-state index contributed by atoms with van der Waals surface area (Å²) in [5, 5.41) is 7.37. The minimum atomic E-state index is -0.0968. The van der Waals surface area contributed by atoms with Crippen LogP contribution in [0.4, 0.5) is 0 Å². The third-order valence-electron chi connectivity index (χ3n) is 5.47. The summed E-state index contributed by atoms with van der Waals surface area (Å²) in [6.45, 7) is 3.12. The van der Waals surface area contributed by atoms with E-state index >= 15 is 0 Å². The smallest absolute Gasteiger partial charge is 0.252 e. The first kappa shape index (κ1) is 24.2. The van der Waals surface area contributed by atoms with Crippen LogP contribution in [0.3, 0.4) is 0 Å².